The second-order valence-corrected chi connectivity index (χ2v) is 5.05. The Morgan fingerprint density at radius 3 is 2.85 bits per heavy atom. The van der Waals surface area contributed by atoms with Crippen molar-refractivity contribution in [2.75, 3.05) is 0 Å². The van der Waals surface area contributed by atoms with E-state index in [1.807, 2.05) is 31.2 Å². The second-order valence-electron chi connectivity index (χ2n) is 4.64. The highest BCUT2D eigenvalue weighted by Crippen LogP contribution is 2.31. The van der Waals surface area contributed by atoms with Crippen LogP contribution in [-0.2, 0) is 4.79 Å². The maximum absolute atomic E-state index is 10.7. The van der Waals surface area contributed by atoms with Crippen molar-refractivity contribution in [3.05, 3.63) is 52.8 Å². The number of carboxylic acids is 1. The molecule has 0 saturated heterocycles. The molecule has 0 saturated carbocycles. The Balaban J connectivity index is 2.42. The molecule has 0 radical (unpaired) electrons. The van der Waals surface area contributed by atoms with Gasteiger partial charge in [-0.1, -0.05) is 23.7 Å². The SMILES string of the molecule is Cc1cccc(Cl)c1-c1cncc(C(N)CC(=O)O)c1. The lowest BCUT2D eigenvalue weighted by Gasteiger charge is -2.12. The van der Waals surface area contributed by atoms with Crippen molar-refractivity contribution in [1.29, 1.82) is 0 Å². The molecule has 1 heterocycles. The highest BCUT2D eigenvalue weighted by molar-refractivity contribution is 6.33. The Labute approximate surface area is 122 Å². The van der Waals surface area contributed by atoms with Crippen molar-refractivity contribution in [3.63, 3.8) is 0 Å². The number of hydrogen-bond acceptors (Lipinski definition) is 3. The van der Waals surface area contributed by atoms with Crippen molar-refractivity contribution in [3.8, 4) is 11.1 Å². The molecule has 0 aliphatic heterocycles. The maximum atomic E-state index is 10.7. The molecule has 20 heavy (non-hydrogen) atoms. The molecule has 0 fully saturated rings. The first-order valence-corrected chi connectivity index (χ1v) is 6.54. The minimum absolute atomic E-state index is 0.132. The molecule has 1 atom stereocenters. The smallest absolute Gasteiger partial charge is 0.305 e. The molecule has 0 aliphatic rings. The van der Waals surface area contributed by atoms with E-state index in [1.54, 1.807) is 12.4 Å². The number of nitrogens with two attached hydrogens (primary N) is 1. The van der Waals surface area contributed by atoms with E-state index >= 15 is 0 Å². The van der Waals surface area contributed by atoms with Crippen molar-refractivity contribution in [2.24, 2.45) is 5.73 Å². The molecule has 1 aromatic carbocycles. The number of carboxylic acid groups (broad SMARTS) is 1. The topological polar surface area (TPSA) is 76.2 Å². The van der Waals surface area contributed by atoms with Crippen LogP contribution in [0.25, 0.3) is 11.1 Å². The van der Waals surface area contributed by atoms with Gasteiger partial charge in [0.2, 0.25) is 0 Å². The van der Waals surface area contributed by atoms with Crippen LogP contribution in [0.5, 0.6) is 0 Å². The van der Waals surface area contributed by atoms with Gasteiger partial charge in [0.15, 0.2) is 0 Å². The average Bonchev–Trinajstić information content (AvgIpc) is 2.38. The van der Waals surface area contributed by atoms with Gasteiger partial charge in [-0.3, -0.25) is 9.78 Å². The van der Waals surface area contributed by atoms with E-state index in [9.17, 15) is 4.79 Å². The first-order chi connectivity index (χ1) is 9.49. The average molecular weight is 291 g/mol. The van der Waals surface area contributed by atoms with Gasteiger partial charge in [0, 0.05) is 34.6 Å². The second kappa shape index (κ2) is 6.03. The van der Waals surface area contributed by atoms with Gasteiger partial charge >= 0.3 is 5.97 Å². The number of benzene rings is 1. The Morgan fingerprint density at radius 2 is 2.20 bits per heavy atom. The first-order valence-electron chi connectivity index (χ1n) is 6.17. The molecule has 0 aliphatic carbocycles. The summed E-state index contributed by atoms with van der Waals surface area (Å²) in [6.07, 6.45) is 3.15. The van der Waals surface area contributed by atoms with Gasteiger partial charge in [0.1, 0.15) is 0 Å². The Kier molecular flexibility index (Phi) is 4.37. The summed E-state index contributed by atoms with van der Waals surface area (Å²) in [6.45, 7) is 1.96. The summed E-state index contributed by atoms with van der Waals surface area (Å²) in [4.78, 5) is 14.9. The lowest BCUT2D eigenvalue weighted by atomic mass is 9.98. The number of hydrogen-bond donors (Lipinski definition) is 2. The number of rotatable bonds is 4. The Bertz CT molecular complexity index is 623. The fourth-order valence-electron chi connectivity index (χ4n) is 2.10. The van der Waals surface area contributed by atoms with E-state index < -0.39 is 12.0 Å². The lowest BCUT2D eigenvalue weighted by Crippen LogP contribution is -2.15. The molecule has 104 valence electrons. The molecular weight excluding hydrogens is 276 g/mol. The number of nitrogens with zero attached hydrogens (tertiary/aromatic N) is 1. The van der Waals surface area contributed by atoms with Gasteiger partial charge in [0.25, 0.3) is 0 Å². The van der Waals surface area contributed by atoms with E-state index in [0.29, 0.717) is 10.6 Å². The normalized spacial score (nSPS) is 12.2. The molecule has 3 N–H and O–H groups in total. The van der Waals surface area contributed by atoms with Crippen molar-refractivity contribution >= 4 is 17.6 Å². The van der Waals surface area contributed by atoms with Crippen molar-refractivity contribution < 1.29 is 9.90 Å². The predicted octanol–water partition coefficient (Wildman–Crippen LogP) is 3.18. The van der Waals surface area contributed by atoms with Crippen LogP contribution < -0.4 is 5.73 Å². The van der Waals surface area contributed by atoms with Gasteiger partial charge in [0.05, 0.1) is 6.42 Å². The summed E-state index contributed by atoms with van der Waals surface area (Å²) in [5, 5.41) is 9.43. The third kappa shape index (κ3) is 3.15. The minimum atomic E-state index is -0.933. The molecule has 2 rings (SSSR count). The highest BCUT2D eigenvalue weighted by atomic mass is 35.5. The molecule has 0 bridgehead atoms. The van der Waals surface area contributed by atoms with Gasteiger partial charge in [-0.15, -0.1) is 0 Å². The van der Waals surface area contributed by atoms with Crippen LogP contribution in [0.4, 0.5) is 0 Å². The van der Waals surface area contributed by atoms with Gasteiger partial charge < -0.3 is 10.8 Å². The summed E-state index contributed by atoms with van der Waals surface area (Å²) in [6, 6.07) is 6.92. The highest BCUT2D eigenvalue weighted by Gasteiger charge is 2.13. The van der Waals surface area contributed by atoms with Crippen LogP contribution in [0, 0.1) is 6.92 Å². The first kappa shape index (κ1) is 14.5. The zero-order valence-corrected chi connectivity index (χ0v) is 11.8. The van der Waals surface area contributed by atoms with Crippen LogP contribution in [0.15, 0.2) is 36.7 Å². The van der Waals surface area contributed by atoms with Crippen LogP contribution in [0.3, 0.4) is 0 Å². The number of aryl methyl sites for hydroxylation is 1. The molecular formula is C15H15ClN2O2. The van der Waals surface area contributed by atoms with Crippen LogP contribution in [-0.4, -0.2) is 16.1 Å². The van der Waals surface area contributed by atoms with Gasteiger partial charge in [-0.2, -0.15) is 0 Å². The summed E-state index contributed by atoms with van der Waals surface area (Å²) >= 11 is 6.23. The summed E-state index contributed by atoms with van der Waals surface area (Å²) in [5.41, 5.74) is 9.31. The largest absolute Gasteiger partial charge is 0.481 e. The lowest BCUT2D eigenvalue weighted by molar-refractivity contribution is -0.137. The maximum Gasteiger partial charge on any atom is 0.305 e. The minimum Gasteiger partial charge on any atom is -0.481 e. The van der Waals surface area contributed by atoms with Crippen molar-refractivity contribution in [2.45, 2.75) is 19.4 Å². The number of carbonyl (C=O) groups is 1. The van der Waals surface area contributed by atoms with E-state index in [2.05, 4.69) is 4.98 Å². The fourth-order valence-corrected chi connectivity index (χ4v) is 2.43. The third-order valence-corrected chi connectivity index (χ3v) is 3.41. The predicted molar refractivity (Wildman–Crippen MR) is 78.6 cm³/mol. The molecule has 5 heteroatoms. The van der Waals surface area contributed by atoms with E-state index in [1.165, 1.54) is 0 Å². The molecule has 0 spiro atoms. The molecule has 0 amide bonds. The van der Waals surface area contributed by atoms with Gasteiger partial charge in [-0.05, 0) is 30.2 Å². The Hall–Kier alpha value is -1.91. The zero-order chi connectivity index (χ0) is 14.7. The number of aliphatic carboxylic acids is 1. The summed E-state index contributed by atoms with van der Waals surface area (Å²) in [5.74, 6) is -0.933. The Morgan fingerprint density at radius 1 is 1.45 bits per heavy atom. The van der Waals surface area contributed by atoms with E-state index in [0.717, 1.165) is 16.7 Å². The molecule has 1 unspecified atom stereocenters. The van der Waals surface area contributed by atoms with Crippen LogP contribution in [0.1, 0.15) is 23.6 Å². The quantitative estimate of drug-likeness (QED) is 0.906. The zero-order valence-electron chi connectivity index (χ0n) is 11.0. The molecule has 1 aromatic heterocycles. The summed E-state index contributed by atoms with van der Waals surface area (Å²) in [7, 11) is 0. The number of halogens is 1. The number of aromatic nitrogens is 1. The molecule has 4 nitrogen and oxygen atoms in total. The monoisotopic (exact) mass is 290 g/mol. The summed E-state index contributed by atoms with van der Waals surface area (Å²) < 4.78 is 0. The van der Waals surface area contributed by atoms with Crippen LogP contribution >= 0.6 is 11.6 Å². The van der Waals surface area contributed by atoms with Crippen LogP contribution in [0.2, 0.25) is 5.02 Å². The standard InChI is InChI=1S/C15H15ClN2O2/c1-9-3-2-4-12(16)15(9)11-5-10(7-18-8-11)13(17)6-14(19)20/h2-5,7-8,13H,6,17H2,1H3,(H,19,20). The molecule has 2 aromatic rings. The van der Waals surface area contributed by atoms with E-state index in [-0.39, 0.29) is 6.42 Å². The fraction of sp³-hybridized carbons (Fsp3) is 0.200. The van der Waals surface area contributed by atoms with E-state index in [4.69, 9.17) is 22.4 Å². The van der Waals surface area contributed by atoms with Gasteiger partial charge in [-0.25, -0.2) is 0 Å². The third-order valence-electron chi connectivity index (χ3n) is 3.09. The number of pyridine rings is 1. The van der Waals surface area contributed by atoms with Crippen molar-refractivity contribution in [1.82, 2.24) is 4.98 Å².